The van der Waals surface area contributed by atoms with Crippen molar-refractivity contribution in [2.45, 2.75) is 0 Å². The highest BCUT2D eigenvalue weighted by Gasteiger charge is 1.92. The van der Waals surface area contributed by atoms with E-state index in [4.69, 9.17) is 9.47 Å². The standard InChI is InChI=1S/C9H13NO2/c1-10-7-12-9-5-3-8(11-2)4-6-9/h3-6,10H,7H2,1-2H3. The first-order valence-corrected chi connectivity index (χ1v) is 3.78. The zero-order valence-electron chi connectivity index (χ0n) is 7.33. The first-order valence-electron chi connectivity index (χ1n) is 3.78. The van der Waals surface area contributed by atoms with Crippen LogP contribution in [0, 0.1) is 0 Å². The largest absolute Gasteiger partial charge is 0.497 e. The number of ether oxygens (including phenoxy) is 2. The molecule has 1 rings (SSSR count). The zero-order valence-corrected chi connectivity index (χ0v) is 7.33. The molecule has 0 aliphatic rings. The first kappa shape index (κ1) is 8.87. The molecule has 1 N–H and O–H groups in total. The summed E-state index contributed by atoms with van der Waals surface area (Å²) in [6.45, 7) is 0.520. The van der Waals surface area contributed by atoms with Crippen molar-refractivity contribution in [2.24, 2.45) is 0 Å². The van der Waals surface area contributed by atoms with Crippen LogP contribution in [0.2, 0.25) is 0 Å². The van der Waals surface area contributed by atoms with E-state index in [1.54, 1.807) is 7.11 Å². The molecule has 0 aliphatic heterocycles. The van der Waals surface area contributed by atoms with Gasteiger partial charge < -0.3 is 9.47 Å². The van der Waals surface area contributed by atoms with E-state index in [9.17, 15) is 0 Å². The SMILES string of the molecule is CNCOc1ccc(OC)cc1. The Labute approximate surface area is 72.3 Å². The second kappa shape index (κ2) is 4.62. The third-order valence-corrected chi connectivity index (χ3v) is 1.44. The van der Waals surface area contributed by atoms with Crippen molar-refractivity contribution in [3.05, 3.63) is 24.3 Å². The zero-order chi connectivity index (χ0) is 8.81. The van der Waals surface area contributed by atoms with Gasteiger partial charge in [0.2, 0.25) is 0 Å². The number of nitrogens with one attached hydrogen (secondary N) is 1. The first-order chi connectivity index (χ1) is 5.86. The number of rotatable bonds is 4. The molecule has 0 saturated carbocycles. The van der Waals surface area contributed by atoms with Crippen LogP contribution < -0.4 is 14.8 Å². The van der Waals surface area contributed by atoms with Gasteiger partial charge in [0.25, 0.3) is 0 Å². The lowest BCUT2D eigenvalue weighted by atomic mass is 10.3. The predicted molar refractivity (Wildman–Crippen MR) is 47.5 cm³/mol. The third-order valence-electron chi connectivity index (χ3n) is 1.44. The molecule has 3 nitrogen and oxygen atoms in total. The molecule has 0 atom stereocenters. The van der Waals surface area contributed by atoms with Gasteiger partial charge in [0.15, 0.2) is 0 Å². The highest BCUT2D eigenvalue weighted by molar-refractivity contribution is 5.30. The predicted octanol–water partition coefficient (Wildman–Crippen LogP) is 1.25. The van der Waals surface area contributed by atoms with E-state index in [0.717, 1.165) is 11.5 Å². The fraction of sp³-hybridized carbons (Fsp3) is 0.333. The van der Waals surface area contributed by atoms with Crippen molar-refractivity contribution in [3.63, 3.8) is 0 Å². The molecular formula is C9H13NO2. The van der Waals surface area contributed by atoms with Crippen molar-refractivity contribution in [1.82, 2.24) is 5.32 Å². The molecule has 0 heterocycles. The Bertz CT molecular complexity index is 220. The summed E-state index contributed by atoms with van der Waals surface area (Å²) in [5.74, 6) is 1.68. The average molecular weight is 167 g/mol. The molecular weight excluding hydrogens is 154 g/mol. The number of hydrogen-bond donors (Lipinski definition) is 1. The van der Waals surface area contributed by atoms with Gasteiger partial charge >= 0.3 is 0 Å². The topological polar surface area (TPSA) is 30.5 Å². The maximum atomic E-state index is 5.29. The summed E-state index contributed by atoms with van der Waals surface area (Å²) in [5, 5.41) is 2.89. The second-order valence-electron chi connectivity index (χ2n) is 2.32. The highest BCUT2D eigenvalue weighted by atomic mass is 16.5. The van der Waals surface area contributed by atoms with E-state index in [1.807, 2.05) is 31.3 Å². The summed E-state index contributed by atoms with van der Waals surface area (Å²) in [6, 6.07) is 7.47. The minimum atomic E-state index is 0.520. The summed E-state index contributed by atoms with van der Waals surface area (Å²) in [6.07, 6.45) is 0. The average Bonchev–Trinajstić information content (AvgIpc) is 2.15. The van der Waals surface area contributed by atoms with Crippen molar-refractivity contribution in [2.75, 3.05) is 20.9 Å². The molecule has 0 spiro atoms. The summed E-state index contributed by atoms with van der Waals surface area (Å²) in [7, 11) is 3.48. The second-order valence-corrected chi connectivity index (χ2v) is 2.32. The lowest BCUT2D eigenvalue weighted by molar-refractivity contribution is 0.295. The highest BCUT2D eigenvalue weighted by Crippen LogP contribution is 2.16. The van der Waals surface area contributed by atoms with Crippen LogP contribution >= 0.6 is 0 Å². The van der Waals surface area contributed by atoms with Crippen LogP contribution in [0.3, 0.4) is 0 Å². The summed E-state index contributed by atoms with van der Waals surface area (Å²) in [5.41, 5.74) is 0. The third kappa shape index (κ3) is 2.43. The van der Waals surface area contributed by atoms with Crippen molar-refractivity contribution in [3.8, 4) is 11.5 Å². The molecule has 1 aromatic rings. The van der Waals surface area contributed by atoms with Gasteiger partial charge in [-0.15, -0.1) is 0 Å². The van der Waals surface area contributed by atoms with Crippen LogP contribution in [0.4, 0.5) is 0 Å². The van der Waals surface area contributed by atoms with E-state index in [1.165, 1.54) is 0 Å². The van der Waals surface area contributed by atoms with Gasteiger partial charge in [0, 0.05) is 0 Å². The van der Waals surface area contributed by atoms with Gasteiger partial charge in [-0.1, -0.05) is 0 Å². The maximum Gasteiger partial charge on any atom is 0.139 e. The van der Waals surface area contributed by atoms with E-state index in [-0.39, 0.29) is 0 Å². The van der Waals surface area contributed by atoms with E-state index in [2.05, 4.69) is 5.32 Å². The van der Waals surface area contributed by atoms with Gasteiger partial charge in [0.1, 0.15) is 18.2 Å². The molecule has 3 heteroatoms. The minimum absolute atomic E-state index is 0.520. The van der Waals surface area contributed by atoms with E-state index < -0.39 is 0 Å². The molecule has 1 aromatic carbocycles. The van der Waals surface area contributed by atoms with Gasteiger partial charge in [-0.25, -0.2) is 0 Å². The van der Waals surface area contributed by atoms with Crippen LogP contribution in [0.1, 0.15) is 0 Å². The molecule has 0 fully saturated rings. The fourth-order valence-corrected chi connectivity index (χ4v) is 0.827. The van der Waals surface area contributed by atoms with Crippen molar-refractivity contribution < 1.29 is 9.47 Å². The normalized spacial score (nSPS) is 9.50. The molecule has 0 radical (unpaired) electrons. The quantitative estimate of drug-likeness (QED) is 0.684. The maximum absolute atomic E-state index is 5.29. The molecule has 66 valence electrons. The molecule has 0 aromatic heterocycles. The number of hydrogen-bond acceptors (Lipinski definition) is 3. The summed E-state index contributed by atoms with van der Waals surface area (Å²) < 4.78 is 10.3. The summed E-state index contributed by atoms with van der Waals surface area (Å²) >= 11 is 0. The monoisotopic (exact) mass is 167 g/mol. The van der Waals surface area contributed by atoms with Gasteiger partial charge in [-0.3, -0.25) is 5.32 Å². The smallest absolute Gasteiger partial charge is 0.139 e. The molecule has 12 heavy (non-hydrogen) atoms. The lowest BCUT2D eigenvalue weighted by Gasteiger charge is -2.05. The Morgan fingerprint density at radius 3 is 2.25 bits per heavy atom. The molecule has 0 bridgehead atoms. The van der Waals surface area contributed by atoms with E-state index in [0.29, 0.717) is 6.73 Å². The van der Waals surface area contributed by atoms with Crippen LogP contribution in [0.15, 0.2) is 24.3 Å². The van der Waals surface area contributed by atoms with Gasteiger partial charge in [0.05, 0.1) is 7.11 Å². The summed E-state index contributed by atoms with van der Waals surface area (Å²) in [4.78, 5) is 0. The minimum Gasteiger partial charge on any atom is -0.497 e. The van der Waals surface area contributed by atoms with Crippen LogP contribution in [-0.2, 0) is 0 Å². The molecule has 0 amide bonds. The Hall–Kier alpha value is -1.22. The Kier molecular flexibility index (Phi) is 3.41. The Morgan fingerprint density at radius 1 is 1.17 bits per heavy atom. The Balaban J connectivity index is 2.53. The Morgan fingerprint density at radius 2 is 1.75 bits per heavy atom. The van der Waals surface area contributed by atoms with Gasteiger partial charge in [-0.05, 0) is 31.3 Å². The van der Waals surface area contributed by atoms with Crippen LogP contribution in [0.25, 0.3) is 0 Å². The molecule has 0 unspecified atom stereocenters. The lowest BCUT2D eigenvalue weighted by Crippen LogP contribution is -2.13. The molecule has 0 saturated heterocycles. The van der Waals surface area contributed by atoms with E-state index >= 15 is 0 Å². The van der Waals surface area contributed by atoms with Crippen LogP contribution in [0.5, 0.6) is 11.5 Å². The van der Waals surface area contributed by atoms with Crippen molar-refractivity contribution >= 4 is 0 Å². The van der Waals surface area contributed by atoms with Gasteiger partial charge in [-0.2, -0.15) is 0 Å². The number of benzene rings is 1. The van der Waals surface area contributed by atoms with Crippen LogP contribution in [-0.4, -0.2) is 20.9 Å². The molecule has 0 aliphatic carbocycles. The van der Waals surface area contributed by atoms with Crippen molar-refractivity contribution in [1.29, 1.82) is 0 Å². The fourth-order valence-electron chi connectivity index (χ4n) is 0.827. The number of methoxy groups -OCH3 is 1.